The molecule has 2 aromatic carbocycles. The number of sulfonamides is 1. The summed E-state index contributed by atoms with van der Waals surface area (Å²) in [5.41, 5.74) is 2.43. The molecule has 0 radical (unpaired) electrons. The number of carbonyl (C=O) groups is 1. The van der Waals surface area contributed by atoms with Gasteiger partial charge in [0.2, 0.25) is 10.0 Å². The smallest absolute Gasteiger partial charge is 0.241 e. The standard InChI is InChI=1S/C19H20N4O3S/c1-12-4-6-16(7-5-12)19-20-18(21-22-19)13(2)23-27(25,26)17-10-8-15(9-11-17)14(3)24/h4-11,13,23H,1-3H3,(H,20,21,22)/t13-/m0/s1. The van der Waals surface area contributed by atoms with Crippen molar-refractivity contribution in [2.24, 2.45) is 0 Å². The number of hydrogen-bond donors (Lipinski definition) is 2. The molecule has 0 fully saturated rings. The van der Waals surface area contributed by atoms with E-state index in [0.717, 1.165) is 11.1 Å². The van der Waals surface area contributed by atoms with Crippen LogP contribution in [0, 0.1) is 6.92 Å². The van der Waals surface area contributed by atoms with E-state index in [2.05, 4.69) is 19.9 Å². The Labute approximate surface area is 157 Å². The van der Waals surface area contributed by atoms with Gasteiger partial charge in [0.15, 0.2) is 11.6 Å². The van der Waals surface area contributed by atoms with Crippen molar-refractivity contribution in [3.8, 4) is 11.4 Å². The number of nitrogens with zero attached hydrogens (tertiary/aromatic N) is 2. The zero-order chi connectivity index (χ0) is 19.6. The van der Waals surface area contributed by atoms with Gasteiger partial charge in [0.05, 0.1) is 10.9 Å². The third-order valence-electron chi connectivity index (χ3n) is 4.13. The molecule has 140 valence electrons. The van der Waals surface area contributed by atoms with Crippen molar-refractivity contribution in [3.05, 3.63) is 65.5 Å². The first-order valence-electron chi connectivity index (χ1n) is 8.39. The van der Waals surface area contributed by atoms with Crippen molar-refractivity contribution in [1.82, 2.24) is 19.9 Å². The molecule has 1 aromatic heterocycles. The van der Waals surface area contributed by atoms with E-state index in [9.17, 15) is 13.2 Å². The molecule has 0 bridgehead atoms. The number of hydrogen-bond acceptors (Lipinski definition) is 5. The third kappa shape index (κ3) is 4.29. The third-order valence-corrected chi connectivity index (χ3v) is 5.68. The van der Waals surface area contributed by atoms with Gasteiger partial charge in [-0.1, -0.05) is 42.0 Å². The first-order valence-corrected chi connectivity index (χ1v) is 9.87. The number of aryl methyl sites for hydroxylation is 1. The summed E-state index contributed by atoms with van der Waals surface area (Å²) in [7, 11) is -3.76. The van der Waals surface area contributed by atoms with Gasteiger partial charge in [-0.2, -0.15) is 5.10 Å². The monoisotopic (exact) mass is 384 g/mol. The summed E-state index contributed by atoms with van der Waals surface area (Å²) in [5.74, 6) is 0.793. The molecule has 0 amide bonds. The lowest BCUT2D eigenvalue weighted by Gasteiger charge is -2.12. The molecular formula is C19H20N4O3S. The highest BCUT2D eigenvalue weighted by Crippen LogP contribution is 2.19. The first kappa shape index (κ1) is 18.9. The molecule has 0 saturated carbocycles. The summed E-state index contributed by atoms with van der Waals surface area (Å²) in [5, 5.41) is 6.95. The van der Waals surface area contributed by atoms with Gasteiger partial charge in [-0.25, -0.2) is 18.1 Å². The molecule has 7 nitrogen and oxygen atoms in total. The minimum atomic E-state index is -3.76. The van der Waals surface area contributed by atoms with Crippen LogP contribution in [0.25, 0.3) is 11.4 Å². The van der Waals surface area contributed by atoms with Gasteiger partial charge in [-0.15, -0.1) is 0 Å². The Morgan fingerprint density at radius 3 is 2.30 bits per heavy atom. The van der Waals surface area contributed by atoms with Gasteiger partial charge >= 0.3 is 0 Å². The van der Waals surface area contributed by atoms with Gasteiger partial charge < -0.3 is 0 Å². The minimum absolute atomic E-state index is 0.0811. The molecular weight excluding hydrogens is 364 g/mol. The van der Waals surface area contributed by atoms with Crippen molar-refractivity contribution in [3.63, 3.8) is 0 Å². The summed E-state index contributed by atoms with van der Waals surface area (Å²) in [6.45, 7) is 5.10. The lowest BCUT2D eigenvalue weighted by molar-refractivity contribution is 0.101. The lowest BCUT2D eigenvalue weighted by atomic mass is 10.1. The number of ketones is 1. The molecule has 0 unspecified atom stereocenters. The van der Waals surface area contributed by atoms with Crippen LogP contribution in [0.2, 0.25) is 0 Å². The van der Waals surface area contributed by atoms with E-state index in [1.54, 1.807) is 6.92 Å². The number of aromatic nitrogens is 3. The summed E-state index contributed by atoms with van der Waals surface area (Å²) in [4.78, 5) is 15.8. The van der Waals surface area contributed by atoms with Crippen LogP contribution in [-0.2, 0) is 10.0 Å². The molecule has 3 rings (SSSR count). The summed E-state index contributed by atoms with van der Waals surface area (Å²) >= 11 is 0. The number of carbonyl (C=O) groups excluding carboxylic acids is 1. The fraction of sp³-hybridized carbons (Fsp3) is 0.211. The van der Waals surface area contributed by atoms with Gasteiger partial charge in [0.25, 0.3) is 0 Å². The molecule has 0 aliphatic heterocycles. The largest absolute Gasteiger partial charge is 0.295 e. The molecule has 27 heavy (non-hydrogen) atoms. The average Bonchev–Trinajstić information content (AvgIpc) is 3.12. The second-order valence-electron chi connectivity index (χ2n) is 6.33. The van der Waals surface area contributed by atoms with Crippen molar-refractivity contribution >= 4 is 15.8 Å². The minimum Gasteiger partial charge on any atom is -0.295 e. The number of benzene rings is 2. The number of aromatic amines is 1. The van der Waals surface area contributed by atoms with E-state index >= 15 is 0 Å². The van der Waals surface area contributed by atoms with E-state index in [0.29, 0.717) is 17.2 Å². The Hall–Kier alpha value is -2.84. The van der Waals surface area contributed by atoms with Crippen LogP contribution in [0.3, 0.4) is 0 Å². The molecule has 0 aliphatic rings. The highest BCUT2D eigenvalue weighted by molar-refractivity contribution is 7.89. The van der Waals surface area contributed by atoms with Gasteiger partial charge in [-0.05, 0) is 32.9 Å². The number of Topliss-reactive ketones (excluding diaryl/α,β-unsaturated/α-hetero) is 1. The SMILES string of the molecule is CC(=O)c1ccc(S(=O)(=O)N[C@@H](C)c2nc(-c3ccc(C)cc3)n[nH]2)cc1. The van der Waals surface area contributed by atoms with Gasteiger partial charge in [0.1, 0.15) is 5.82 Å². The Kier molecular flexibility index (Phi) is 5.20. The van der Waals surface area contributed by atoms with Gasteiger partial charge in [0, 0.05) is 11.1 Å². The molecule has 1 heterocycles. The summed E-state index contributed by atoms with van der Waals surface area (Å²) < 4.78 is 27.7. The lowest BCUT2D eigenvalue weighted by Crippen LogP contribution is -2.27. The highest BCUT2D eigenvalue weighted by atomic mass is 32.2. The summed E-state index contributed by atoms with van der Waals surface area (Å²) in [6.07, 6.45) is 0. The Morgan fingerprint density at radius 2 is 1.70 bits per heavy atom. The maximum atomic E-state index is 12.6. The molecule has 1 atom stereocenters. The fourth-order valence-corrected chi connectivity index (χ4v) is 3.73. The van der Waals surface area contributed by atoms with Crippen LogP contribution in [-0.4, -0.2) is 29.4 Å². The molecule has 0 spiro atoms. The number of nitrogens with one attached hydrogen (secondary N) is 2. The van der Waals surface area contributed by atoms with Crippen LogP contribution in [0.1, 0.15) is 41.6 Å². The maximum absolute atomic E-state index is 12.6. The first-order chi connectivity index (χ1) is 12.8. The normalized spacial score (nSPS) is 12.7. The van der Waals surface area contributed by atoms with E-state index in [1.807, 2.05) is 31.2 Å². The zero-order valence-corrected chi connectivity index (χ0v) is 16.0. The topological polar surface area (TPSA) is 105 Å². The van der Waals surface area contributed by atoms with Crippen molar-refractivity contribution in [2.75, 3.05) is 0 Å². The van der Waals surface area contributed by atoms with Crippen molar-refractivity contribution in [2.45, 2.75) is 31.7 Å². The van der Waals surface area contributed by atoms with Crippen LogP contribution in [0.5, 0.6) is 0 Å². The summed E-state index contributed by atoms with van der Waals surface area (Å²) in [6, 6.07) is 12.9. The molecule has 0 aliphatic carbocycles. The predicted molar refractivity (Wildman–Crippen MR) is 102 cm³/mol. The molecule has 3 aromatic rings. The van der Waals surface area contributed by atoms with E-state index in [4.69, 9.17) is 0 Å². The second kappa shape index (κ2) is 7.42. The van der Waals surface area contributed by atoms with E-state index < -0.39 is 16.1 Å². The molecule has 8 heteroatoms. The Bertz CT molecular complexity index is 1060. The Balaban J connectivity index is 1.77. The average molecular weight is 384 g/mol. The second-order valence-corrected chi connectivity index (χ2v) is 8.05. The zero-order valence-electron chi connectivity index (χ0n) is 15.2. The van der Waals surface area contributed by atoms with Crippen LogP contribution in [0.4, 0.5) is 0 Å². The maximum Gasteiger partial charge on any atom is 0.241 e. The van der Waals surface area contributed by atoms with Crippen molar-refractivity contribution < 1.29 is 13.2 Å². The van der Waals surface area contributed by atoms with Gasteiger partial charge in [-0.3, -0.25) is 9.89 Å². The van der Waals surface area contributed by atoms with Crippen LogP contribution in [0.15, 0.2) is 53.4 Å². The fourth-order valence-electron chi connectivity index (χ4n) is 2.53. The number of rotatable bonds is 6. The van der Waals surface area contributed by atoms with Crippen molar-refractivity contribution in [1.29, 1.82) is 0 Å². The quantitative estimate of drug-likeness (QED) is 0.636. The molecule has 0 saturated heterocycles. The van der Waals surface area contributed by atoms with E-state index in [-0.39, 0.29) is 10.7 Å². The Morgan fingerprint density at radius 1 is 1.07 bits per heavy atom. The van der Waals surface area contributed by atoms with Crippen LogP contribution >= 0.6 is 0 Å². The molecule has 2 N–H and O–H groups in total. The number of H-pyrrole nitrogens is 1. The van der Waals surface area contributed by atoms with E-state index in [1.165, 1.54) is 31.2 Å². The predicted octanol–water partition coefficient (Wildman–Crippen LogP) is 3.02. The van der Waals surface area contributed by atoms with Crippen LogP contribution < -0.4 is 4.72 Å². The highest BCUT2D eigenvalue weighted by Gasteiger charge is 2.21.